The van der Waals surface area contributed by atoms with E-state index in [-0.39, 0.29) is 0 Å². The van der Waals surface area contributed by atoms with Crippen molar-refractivity contribution in [1.82, 2.24) is 15.5 Å². The molecule has 0 amide bonds. The molecule has 1 aromatic rings. The number of rotatable bonds is 8. The van der Waals surface area contributed by atoms with E-state index in [1.165, 1.54) is 12.1 Å². The van der Waals surface area contributed by atoms with Gasteiger partial charge in [-0.15, -0.1) is 0 Å². The molecular formula is C20H35N5. The number of aliphatic imine (C=N–C) groups is 1. The summed E-state index contributed by atoms with van der Waals surface area (Å²) in [5, 5.41) is 6.80. The second-order valence-corrected chi connectivity index (χ2v) is 7.13. The van der Waals surface area contributed by atoms with Crippen molar-refractivity contribution in [2.24, 2.45) is 10.9 Å². The van der Waals surface area contributed by atoms with Crippen LogP contribution in [0.2, 0.25) is 0 Å². The summed E-state index contributed by atoms with van der Waals surface area (Å²) in [7, 11) is 1.84. The average Bonchev–Trinajstić information content (AvgIpc) is 2.64. The van der Waals surface area contributed by atoms with Crippen LogP contribution in [-0.2, 0) is 0 Å². The lowest BCUT2D eigenvalue weighted by atomic mass is 10.1. The van der Waals surface area contributed by atoms with Crippen LogP contribution < -0.4 is 15.5 Å². The van der Waals surface area contributed by atoms with Crippen molar-refractivity contribution < 1.29 is 0 Å². The Hall–Kier alpha value is -1.75. The highest BCUT2D eigenvalue weighted by atomic mass is 15.3. The zero-order valence-corrected chi connectivity index (χ0v) is 16.2. The molecule has 5 heteroatoms. The largest absolute Gasteiger partial charge is 0.369 e. The van der Waals surface area contributed by atoms with E-state index in [1.807, 2.05) is 7.05 Å². The summed E-state index contributed by atoms with van der Waals surface area (Å²) >= 11 is 0. The highest BCUT2D eigenvalue weighted by Crippen LogP contribution is 2.15. The van der Waals surface area contributed by atoms with Gasteiger partial charge in [-0.1, -0.05) is 32.0 Å². The minimum Gasteiger partial charge on any atom is -0.369 e. The number of nitrogens with one attached hydrogen (secondary N) is 2. The van der Waals surface area contributed by atoms with E-state index in [2.05, 4.69) is 69.6 Å². The first-order valence-electron chi connectivity index (χ1n) is 9.66. The molecule has 0 aliphatic carbocycles. The SMILES string of the molecule is CN=C(NCCCN1CCN(c2ccccc2)CC1)NCCC(C)C. The molecule has 1 aliphatic rings. The molecule has 1 saturated heterocycles. The van der Waals surface area contributed by atoms with Crippen molar-refractivity contribution in [3.63, 3.8) is 0 Å². The Bertz CT molecular complexity index is 492. The van der Waals surface area contributed by atoms with Crippen LogP contribution in [0.5, 0.6) is 0 Å². The van der Waals surface area contributed by atoms with Gasteiger partial charge in [0.2, 0.25) is 0 Å². The maximum Gasteiger partial charge on any atom is 0.190 e. The topological polar surface area (TPSA) is 42.9 Å². The first kappa shape index (κ1) is 19.6. The van der Waals surface area contributed by atoms with Gasteiger partial charge in [0.1, 0.15) is 0 Å². The van der Waals surface area contributed by atoms with Crippen LogP contribution in [0.1, 0.15) is 26.7 Å². The molecule has 1 aliphatic heterocycles. The standard InChI is InChI=1S/C20H35N5/c1-18(2)10-12-23-20(21-3)22-11-7-13-24-14-16-25(17-15-24)19-8-5-4-6-9-19/h4-6,8-9,18H,7,10-17H2,1-3H3,(H2,21,22,23). The van der Waals surface area contributed by atoms with Crippen molar-refractivity contribution >= 4 is 11.6 Å². The zero-order chi connectivity index (χ0) is 17.9. The number of para-hydroxylation sites is 1. The maximum atomic E-state index is 4.29. The maximum absolute atomic E-state index is 4.29. The minimum atomic E-state index is 0.722. The average molecular weight is 346 g/mol. The number of piperazine rings is 1. The van der Waals surface area contributed by atoms with Gasteiger partial charge in [-0.05, 0) is 37.4 Å². The highest BCUT2D eigenvalue weighted by molar-refractivity contribution is 5.79. The molecule has 25 heavy (non-hydrogen) atoms. The number of benzene rings is 1. The van der Waals surface area contributed by atoms with E-state index in [0.717, 1.165) is 64.1 Å². The van der Waals surface area contributed by atoms with Gasteiger partial charge < -0.3 is 15.5 Å². The van der Waals surface area contributed by atoms with Crippen molar-refractivity contribution in [3.05, 3.63) is 30.3 Å². The first-order chi connectivity index (χ1) is 12.2. The van der Waals surface area contributed by atoms with Crippen LogP contribution in [0, 0.1) is 5.92 Å². The monoisotopic (exact) mass is 345 g/mol. The third kappa shape index (κ3) is 7.34. The van der Waals surface area contributed by atoms with Crippen molar-refractivity contribution in [1.29, 1.82) is 0 Å². The third-order valence-corrected chi connectivity index (χ3v) is 4.67. The van der Waals surface area contributed by atoms with E-state index in [4.69, 9.17) is 0 Å². The molecule has 5 nitrogen and oxygen atoms in total. The molecule has 0 atom stereocenters. The quantitative estimate of drug-likeness (QED) is 0.431. The molecule has 0 spiro atoms. The highest BCUT2D eigenvalue weighted by Gasteiger charge is 2.16. The second-order valence-electron chi connectivity index (χ2n) is 7.13. The molecule has 2 N–H and O–H groups in total. The molecule has 0 aromatic heterocycles. The van der Waals surface area contributed by atoms with Gasteiger partial charge in [-0.25, -0.2) is 0 Å². The lowest BCUT2D eigenvalue weighted by Crippen LogP contribution is -2.47. The van der Waals surface area contributed by atoms with Gasteiger partial charge in [-0.3, -0.25) is 9.89 Å². The van der Waals surface area contributed by atoms with Crippen LogP contribution in [0.3, 0.4) is 0 Å². The Balaban J connectivity index is 1.57. The Morgan fingerprint density at radius 1 is 1.04 bits per heavy atom. The van der Waals surface area contributed by atoms with Crippen molar-refractivity contribution in [3.8, 4) is 0 Å². The summed E-state index contributed by atoms with van der Waals surface area (Å²) in [6.07, 6.45) is 2.32. The van der Waals surface area contributed by atoms with E-state index in [9.17, 15) is 0 Å². The summed E-state index contributed by atoms with van der Waals surface area (Å²) in [6, 6.07) is 10.7. The fourth-order valence-electron chi connectivity index (χ4n) is 3.08. The number of anilines is 1. The van der Waals surface area contributed by atoms with E-state index in [0.29, 0.717) is 0 Å². The molecule has 1 aromatic carbocycles. The smallest absolute Gasteiger partial charge is 0.190 e. The van der Waals surface area contributed by atoms with Crippen molar-refractivity contribution in [2.75, 3.05) is 57.8 Å². The second kappa shape index (κ2) is 11.0. The lowest BCUT2D eigenvalue weighted by molar-refractivity contribution is 0.255. The van der Waals surface area contributed by atoms with Gasteiger partial charge in [-0.2, -0.15) is 0 Å². The summed E-state index contributed by atoms with van der Waals surface area (Å²) in [5.41, 5.74) is 1.35. The molecular weight excluding hydrogens is 310 g/mol. The number of hydrogen-bond acceptors (Lipinski definition) is 3. The minimum absolute atomic E-state index is 0.722. The molecule has 0 radical (unpaired) electrons. The Morgan fingerprint density at radius 3 is 2.36 bits per heavy atom. The molecule has 2 rings (SSSR count). The number of hydrogen-bond donors (Lipinski definition) is 2. The third-order valence-electron chi connectivity index (χ3n) is 4.67. The molecule has 1 fully saturated rings. The van der Waals surface area contributed by atoms with Crippen LogP contribution >= 0.6 is 0 Å². The van der Waals surface area contributed by atoms with Crippen LogP contribution in [-0.4, -0.2) is 63.7 Å². The van der Waals surface area contributed by atoms with Gasteiger partial charge in [0.05, 0.1) is 0 Å². The molecule has 0 saturated carbocycles. The van der Waals surface area contributed by atoms with Gasteiger partial charge in [0.25, 0.3) is 0 Å². The number of nitrogens with zero attached hydrogens (tertiary/aromatic N) is 3. The van der Waals surface area contributed by atoms with E-state index in [1.54, 1.807) is 0 Å². The summed E-state index contributed by atoms with van der Waals surface area (Å²) < 4.78 is 0. The Labute approximate surface area is 153 Å². The predicted octanol–water partition coefficient (Wildman–Crippen LogP) is 2.41. The Kier molecular flexibility index (Phi) is 8.60. The van der Waals surface area contributed by atoms with E-state index < -0.39 is 0 Å². The Morgan fingerprint density at radius 2 is 1.72 bits per heavy atom. The fourth-order valence-corrected chi connectivity index (χ4v) is 3.08. The molecule has 0 unspecified atom stereocenters. The van der Waals surface area contributed by atoms with Crippen LogP contribution in [0.15, 0.2) is 35.3 Å². The normalized spacial score (nSPS) is 16.3. The van der Waals surface area contributed by atoms with E-state index >= 15 is 0 Å². The van der Waals surface area contributed by atoms with Gasteiger partial charge >= 0.3 is 0 Å². The summed E-state index contributed by atoms with van der Waals surface area (Å²) in [4.78, 5) is 9.33. The molecule has 0 bridgehead atoms. The first-order valence-corrected chi connectivity index (χ1v) is 9.66. The summed E-state index contributed by atoms with van der Waals surface area (Å²) in [6.45, 7) is 12.1. The van der Waals surface area contributed by atoms with Gasteiger partial charge in [0.15, 0.2) is 5.96 Å². The van der Waals surface area contributed by atoms with Crippen LogP contribution in [0.25, 0.3) is 0 Å². The van der Waals surface area contributed by atoms with Crippen molar-refractivity contribution in [2.45, 2.75) is 26.7 Å². The molecule has 140 valence electrons. The fraction of sp³-hybridized carbons (Fsp3) is 0.650. The van der Waals surface area contributed by atoms with Gasteiger partial charge in [0, 0.05) is 52.0 Å². The van der Waals surface area contributed by atoms with Crippen LogP contribution in [0.4, 0.5) is 5.69 Å². The number of guanidine groups is 1. The molecule has 1 heterocycles. The lowest BCUT2D eigenvalue weighted by Gasteiger charge is -2.36. The zero-order valence-electron chi connectivity index (χ0n) is 16.2. The predicted molar refractivity (Wildman–Crippen MR) is 109 cm³/mol. The summed E-state index contributed by atoms with van der Waals surface area (Å²) in [5.74, 6) is 1.65.